The number of benzene rings is 2. The third-order valence-corrected chi connectivity index (χ3v) is 8.82. The van der Waals surface area contributed by atoms with Crippen molar-refractivity contribution in [3.63, 3.8) is 0 Å². The Morgan fingerprint density at radius 2 is 1.64 bits per heavy atom. The first kappa shape index (κ1) is 23.0. The minimum Gasteiger partial charge on any atom is -0.480 e. The molecule has 1 unspecified atom stereocenters. The minimum absolute atomic E-state index is 0.00573. The van der Waals surface area contributed by atoms with E-state index < -0.39 is 18.1 Å². The Balaban J connectivity index is 1.48. The lowest BCUT2D eigenvalue weighted by Crippen LogP contribution is -2.66. The van der Waals surface area contributed by atoms with Crippen LogP contribution >= 0.6 is 0 Å². The summed E-state index contributed by atoms with van der Waals surface area (Å²) in [7, 11) is 0. The first-order chi connectivity index (χ1) is 17.4. The zero-order chi connectivity index (χ0) is 25.0. The second-order valence-electron chi connectivity index (χ2n) is 10.7. The monoisotopic (exact) mass is 490 g/mol. The van der Waals surface area contributed by atoms with Crippen LogP contribution in [0.25, 0.3) is 0 Å². The number of carbonyl (C=O) groups excluding carboxylic acids is 1. The number of fused-ring (bicyclic) bond motifs is 2. The smallest absolute Gasteiger partial charge is 0.480 e. The summed E-state index contributed by atoms with van der Waals surface area (Å²) >= 11 is 0. The maximum absolute atomic E-state index is 13.9. The second-order valence-corrected chi connectivity index (χ2v) is 10.7. The van der Waals surface area contributed by atoms with Crippen LogP contribution in [-0.2, 0) is 11.3 Å². The zero-order valence-corrected chi connectivity index (χ0v) is 20.2. The lowest BCUT2D eigenvalue weighted by molar-refractivity contribution is -0.146. The number of para-hydroxylation sites is 1. The molecule has 2 aliphatic heterocycles. The molecule has 0 radical (unpaired) electrons. The van der Waals surface area contributed by atoms with Crippen molar-refractivity contribution in [2.45, 2.75) is 69.2 Å². The molecule has 6 rings (SSSR count). The maximum atomic E-state index is 13.9. The molecule has 0 spiro atoms. The summed E-state index contributed by atoms with van der Waals surface area (Å²) in [5, 5.41) is 20.4. The van der Waals surface area contributed by atoms with Crippen LogP contribution in [0.4, 0.5) is 15.3 Å². The van der Waals surface area contributed by atoms with Crippen LogP contribution in [-0.4, -0.2) is 62.8 Å². The Labute approximate surface area is 210 Å². The van der Waals surface area contributed by atoms with Gasteiger partial charge >= 0.3 is 18.1 Å². The number of aliphatic carboxylic acids is 1. The Bertz CT molecular complexity index is 1200. The van der Waals surface area contributed by atoms with Gasteiger partial charge in [0.05, 0.1) is 6.04 Å². The number of likely N-dealkylation sites (tertiary alicyclic amines) is 1. The van der Waals surface area contributed by atoms with Crippen LogP contribution in [0.2, 0.25) is 0 Å². The maximum Gasteiger partial charge on any atom is 0.519 e. The highest BCUT2D eigenvalue weighted by Gasteiger charge is 2.62. The molecule has 0 aromatic heterocycles. The molecule has 5 atom stereocenters. The molecule has 188 valence electrons. The molecule has 2 saturated carbocycles. The number of hydrogen-bond donors (Lipinski definition) is 2. The van der Waals surface area contributed by atoms with E-state index in [0.717, 1.165) is 48.9 Å². The van der Waals surface area contributed by atoms with E-state index in [4.69, 9.17) is 0 Å². The average Bonchev–Trinajstić information content (AvgIpc) is 3.55. The quantitative estimate of drug-likeness (QED) is 0.585. The highest BCUT2D eigenvalue weighted by molar-refractivity contribution is 5.87. The van der Waals surface area contributed by atoms with E-state index >= 15 is 0 Å². The normalized spacial score (nSPS) is 30.6. The van der Waals surface area contributed by atoms with Gasteiger partial charge in [0, 0.05) is 42.1 Å². The van der Waals surface area contributed by atoms with E-state index in [2.05, 4.69) is 0 Å². The second kappa shape index (κ2) is 8.62. The molecule has 4 aliphatic rings. The molecule has 2 aromatic carbocycles. The van der Waals surface area contributed by atoms with Crippen molar-refractivity contribution >= 4 is 23.8 Å². The zero-order valence-electron chi connectivity index (χ0n) is 20.2. The molecular formula is C28H32N3O5+. The molecule has 2 aliphatic carbocycles. The number of carboxylic acids is 1. The van der Waals surface area contributed by atoms with Crippen molar-refractivity contribution in [1.29, 1.82) is 0 Å². The van der Waals surface area contributed by atoms with Gasteiger partial charge in [0.1, 0.15) is 24.3 Å². The van der Waals surface area contributed by atoms with E-state index in [-0.39, 0.29) is 34.6 Å². The molecular weight excluding hydrogens is 458 g/mol. The highest BCUT2D eigenvalue weighted by Crippen LogP contribution is 2.56. The van der Waals surface area contributed by atoms with E-state index in [9.17, 15) is 24.6 Å². The molecule has 36 heavy (non-hydrogen) atoms. The summed E-state index contributed by atoms with van der Waals surface area (Å²) in [5.74, 6) is -0.966. The standard InChI is InChI=1S/C28H31N3O5/c32-26(33)22-15-16-29(22)27(34)30(19-13-14-19)25-20-9-4-5-11-23(20)31(28(35)36,24-12-6-10-21(24)25)17-18-7-2-1-3-8-18/h1-5,7-9,11,19,21-22,24-25H,6,10,12-17H2,(H-,32,33,35,36)/p+1/t21-,22-,24+,25-,31?/m0/s1. The first-order valence-corrected chi connectivity index (χ1v) is 13.0. The summed E-state index contributed by atoms with van der Waals surface area (Å²) in [5.41, 5.74) is 2.62. The van der Waals surface area contributed by atoms with Crippen LogP contribution in [0.5, 0.6) is 0 Å². The summed E-state index contributed by atoms with van der Waals surface area (Å²) in [6.45, 7) is 0.802. The van der Waals surface area contributed by atoms with Crippen molar-refractivity contribution < 1.29 is 24.6 Å². The van der Waals surface area contributed by atoms with Gasteiger partial charge in [0.15, 0.2) is 0 Å². The van der Waals surface area contributed by atoms with Gasteiger partial charge in [-0.25, -0.2) is 9.59 Å². The molecule has 8 nitrogen and oxygen atoms in total. The molecule has 2 heterocycles. The van der Waals surface area contributed by atoms with Gasteiger partial charge in [-0.05, 0) is 32.1 Å². The largest absolute Gasteiger partial charge is 0.519 e. The van der Waals surface area contributed by atoms with Crippen molar-refractivity contribution in [3.8, 4) is 0 Å². The third-order valence-electron chi connectivity index (χ3n) is 8.82. The molecule has 2 aromatic rings. The lowest BCUT2D eigenvalue weighted by atomic mass is 9.79. The molecule has 0 bridgehead atoms. The Morgan fingerprint density at radius 1 is 0.917 bits per heavy atom. The number of nitrogens with zero attached hydrogens (tertiary/aromatic N) is 3. The highest BCUT2D eigenvalue weighted by atomic mass is 16.4. The van der Waals surface area contributed by atoms with Crippen molar-refractivity contribution in [2.24, 2.45) is 5.92 Å². The minimum atomic E-state index is -0.961. The van der Waals surface area contributed by atoms with E-state index in [0.29, 0.717) is 19.5 Å². The number of urea groups is 1. The Hall–Kier alpha value is -3.39. The number of carboxylic acid groups (broad SMARTS) is 2. The van der Waals surface area contributed by atoms with Gasteiger partial charge in [-0.3, -0.25) is 0 Å². The molecule has 3 fully saturated rings. The molecule has 3 amide bonds. The summed E-state index contributed by atoms with van der Waals surface area (Å²) in [4.78, 5) is 42.3. The number of amides is 3. The van der Waals surface area contributed by atoms with Gasteiger partial charge in [-0.1, -0.05) is 48.5 Å². The fourth-order valence-corrected chi connectivity index (χ4v) is 7.01. The predicted octanol–water partition coefficient (Wildman–Crippen LogP) is 4.84. The van der Waals surface area contributed by atoms with Crippen molar-refractivity contribution in [2.75, 3.05) is 6.54 Å². The summed E-state index contributed by atoms with van der Waals surface area (Å²) < 4.78 is -0.157. The Morgan fingerprint density at radius 3 is 2.28 bits per heavy atom. The fourth-order valence-electron chi connectivity index (χ4n) is 7.01. The Kier molecular flexibility index (Phi) is 5.52. The summed E-state index contributed by atoms with van der Waals surface area (Å²) in [6.07, 6.45) is 3.96. The lowest BCUT2D eigenvalue weighted by Gasteiger charge is -2.51. The van der Waals surface area contributed by atoms with Gasteiger partial charge in [0.2, 0.25) is 0 Å². The van der Waals surface area contributed by atoms with Crippen molar-refractivity contribution in [1.82, 2.24) is 14.3 Å². The number of carbonyl (C=O) groups is 3. The van der Waals surface area contributed by atoms with Gasteiger partial charge in [-0.2, -0.15) is 9.28 Å². The van der Waals surface area contributed by atoms with Crippen LogP contribution in [0, 0.1) is 5.92 Å². The third kappa shape index (κ3) is 3.42. The number of quaternary nitrogens is 1. The van der Waals surface area contributed by atoms with Crippen molar-refractivity contribution in [3.05, 3.63) is 65.7 Å². The molecule has 2 N–H and O–H groups in total. The van der Waals surface area contributed by atoms with Crippen LogP contribution < -0.4 is 4.48 Å². The first-order valence-electron chi connectivity index (χ1n) is 13.0. The van der Waals surface area contributed by atoms with E-state index in [1.807, 2.05) is 59.5 Å². The van der Waals surface area contributed by atoms with Gasteiger partial charge in [0.25, 0.3) is 0 Å². The predicted molar refractivity (Wildman–Crippen MR) is 133 cm³/mol. The van der Waals surface area contributed by atoms with Crippen LogP contribution in [0.1, 0.15) is 55.7 Å². The molecule has 8 heteroatoms. The van der Waals surface area contributed by atoms with Gasteiger partial charge in [-0.15, -0.1) is 0 Å². The van der Waals surface area contributed by atoms with E-state index in [1.165, 1.54) is 4.90 Å². The number of rotatable bonds is 5. The van der Waals surface area contributed by atoms with E-state index in [1.54, 1.807) is 0 Å². The molecule has 1 saturated heterocycles. The average molecular weight is 491 g/mol. The fraction of sp³-hybridized carbons (Fsp3) is 0.464. The number of hydrogen-bond acceptors (Lipinski definition) is 3. The SMILES string of the molecule is O=C(O)[C@@H]1CCN1C(=O)N(C1CC1)[C@H]1c2ccccc2[N+](Cc2ccccc2)(C(=O)O)[C@@H]2CCC[C@@H]21. The summed E-state index contributed by atoms with van der Waals surface area (Å²) in [6, 6.07) is 16.2. The van der Waals surface area contributed by atoms with Crippen LogP contribution in [0.3, 0.4) is 0 Å². The topological polar surface area (TPSA) is 98.2 Å². The van der Waals surface area contributed by atoms with Gasteiger partial charge < -0.3 is 20.0 Å². The van der Waals surface area contributed by atoms with Crippen LogP contribution in [0.15, 0.2) is 54.6 Å².